The topological polar surface area (TPSA) is 23.9 Å². The van der Waals surface area contributed by atoms with Gasteiger partial charge in [0, 0.05) is 11.1 Å². The fraction of sp³-hybridized carbons (Fsp3) is 0.909. The molecule has 0 saturated carbocycles. The maximum absolute atomic E-state index is 7.88. The lowest BCUT2D eigenvalue weighted by molar-refractivity contribution is 0.478. The van der Waals surface area contributed by atoms with Gasteiger partial charge in [0.25, 0.3) is 0 Å². The minimum atomic E-state index is 0.120. The Morgan fingerprint density at radius 3 is 2.17 bits per heavy atom. The van der Waals surface area contributed by atoms with Crippen LogP contribution in [0.25, 0.3) is 0 Å². The SMILES string of the molecule is CCC(C)(C)C(=N)CCC(C)C. The Hall–Kier alpha value is -0.330. The highest BCUT2D eigenvalue weighted by Crippen LogP contribution is 2.24. The molecule has 0 aromatic rings. The van der Waals surface area contributed by atoms with E-state index in [0.29, 0.717) is 0 Å². The quantitative estimate of drug-likeness (QED) is 0.604. The van der Waals surface area contributed by atoms with Crippen molar-refractivity contribution in [2.24, 2.45) is 11.3 Å². The molecule has 0 atom stereocenters. The number of hydrogen-bond donors (Lipinski definition) is 1. The average molecular weight is 169 g/mol. The van der Waals surface area contributed by atoms with Gasteiger partial charge in [-0.3, -0.25) is 0 Å². The molecule has 0 fully saturated rings. The molecular formula is C11H23N. The van der Waals surface area contributed by atoms with Gasteiger partial charge >= 0.3 is 0 Å². The smallest absolute Gasteiger partial charge is 0.0145 e. The third-order valence-electron chi connectivity index (χ3n) is 2.67. The zero-order chi connectivity index (χ0) is 9.78. The van der Waals surface area contributed by atoms with Gasteiger partial charge in [0.15, 0.2) is 0 Å². The van der Waals surface area contributed by atoms with E-state index < -0.39 is 0 Å². The van der Waals surface area contributed by atoms with Gasteiger partial charge in [0.2, 0.25) is 0 Å². The van der Waals surface area contributed by atoms with Gasteiger partial charge in [-0.05, 0) is 25.2 Å². The Labute approximate surface area is 77.1 Å². The van der Waals surface area contributed by atoms with Gasteiger partial charge < -0.3 is 5.41 Å². The average Bonchev–Trinajstić information content (AvgIpc) is 2.00. The summed E-state index contributed by atoms with van der Waals surface area (Å²) >= 11 is 0. The molecule has 0 aromatic heterocycles. The lowest BCUT2D eigenvalue weighted by Gasteiger charge is -2.24. The second-order valence-electron chi connectivity index (χ2n) is 4.65. The van der Waals surface area contributed by atoms with Gasteiger partial charge in [-0.25, -0.2) is 0 Å². The van der Waals surface area contributed by atoms with E-state index in [0.717, 1.165) is 30.9 Å². The zero-order valence-electron chi connectivity index (χ0n) is 9.20. The normalized spacial score (nSPS) is 12.2. The van der Waals surface area contributed by atoms with E-state index in [2.05, 4.69) is 34.6 Å². The fourth-order valence-corrected chi connectivity index (χ4v) is 0.985. The Morgan fingerprint density at radius 2 is 1.83 bits per heavy atom. The Balaban J connectivity index is 3.88. The van der Waals surface area contributed by atoms with Crippen molar-refractivity contribution < 1.29 is 0 Å². The van der Waals surface area contributed by atoms with E-state index in [1.807, 2.05) is 0 Å². The van der Waals surface area contributed by atoms with Crippen molar-refractivity contribution in [3.8, 4) is 0 Å². The summed E-state index contributed by atoms with van der Waals surface area (Å²) in [5.74, 6) is 0.720. The predicted molar refractivity (Wildman–Crippen MR) is 55.9 cm³/mol. The summed E-state index contributed by atoms with van der Waals surface area (Å²) in [5.41, 5.74) is 1.04. The van der Waals surface area contributed by atoms with E-state index in [4.69, 9.17) is 5.41 Å². The Kier molecular flexibility index (Phi) is 4.51. The van der Waals surface area contributed by atoms with Crippen LogP contribution in [0, 0.1) is 16.7 Å². The van der Waals surface area contributed by atoms with Gasteiger partial charge in [0.05, 0.1) is 0 Å². The summed E-state index contributed by atoms with van der Waals surface area (Å²) in [6, 6.07) is 0. The van der Waals surface area contributed by atoms with Gasteiger partial charge in [-0.15, -0.1) is 0 Å². The van der Waals surface area contributed by atoms with Crippen LogP contribution in [0.2, 0.25) is 0 Å². The first-order valence-corrected chi connectivity index (χ1v) is 4.98. The van der Waals surface area contributed by atoms with Crippen LogP contribution in [0.15, 0.2) is 0 Å². The molecule has 0 bridgehead atoms. The maximum Gasteiger partial charge on any atom is 0.0145 e. The molecule has 0 heterocycles. The summed E-state index contributed by atoms with van der Waals surface area (Å²) in [6.45, 7) is 10.9. The first-order chi connectivity index (χ1) is 5.40. The lowest BCUT2D eigenvalue weighted by atomic mass is 9.82. The van der Waals surface area contributed by atoms with Crippen molar-refractivity contribution in [2.45, 2.75) is 53.9 Å². The second kappa shape index (κ2) is 4.64. The third-order valence-corrected chi connectivity index (χ3v) is 2.67. The summed E-state index contributed by atoms with van der Waals surface area (Å²) in [5, 5.41) is 7.88. The van der Waals surface area contributed by atoms with E-state index in [1.165, 1.54) is 0 Å². The summed E-state index contributed by atoms with van der Waals surface area (Å²) in [6.07, 6.45) is 3.20. The molecule has 1 nitrogen and oxygen atoms in total. The third kappa shape index (κ3) is 3.89. The first kappa shape index (κ1) is 11.7. The molecule has 1 N–H and O–H groups in total. The van der Waals surface area contributed by atoms with Crippen LogP contribution >= 0.6 is 0 Å². The standard InChI is InChI=1S/C11H23N/c1-6-11(4,5)10(12)8-7-9(2)3/h9,12H,6-8H2,1-5H3. The van der Waals surface area contributed by atoms with Crippen molar-refractivity contribution in [2.75, 3.05) is 0 Å². The van der Waals surface area contributed by atoms with Crippen LogP contribution < -0.4 is 0 Å². The minimum absolute atomic E-state index is 0.120. The van der Waals surface area contributed by atoms with E-state index in [9.17, 15) is 0 Å². The van der Waals surface area contributed by atoms with E-state index in [-0.39, 0.29) is 5.41 Å². The molecule has 0 unspecified atom stereocenters. The summed E-state index contributed by atoms with van der Waals surface area (Å²) < 4.78 is 0. The van der Waals surface area contributed by atoms with Crippen LogP contribution in [0.1, 0.15) is 53.9 Å². The first-order valence-electron chi connectivity index (χ1n) is 4.98. The molecule has 0 aliphatic carbocycles. The van der Waals surface area contributed by atoms with Gasteiger partial charge in [-0.1, -0.05) is 34.6 Å². The van der Waals surface area contributed by atoms with Crippen LogP contribution in [-0.2, 0) is 0 Å². The zero-order valence-corrected chi connectivity index (χ0v) is 9.20. The highest BCUT2D eigenvalue weighted by atomic mass is 14.5. The number of hydrogen-bond acceptors (Lipinski definition) is 1. The maximum atomic E-state index is 7.88. The fourth-order valence-electron chi connectivity index (χ4n) is 0.985. The van der Waals surface area contributed by atoms with Crippen molar-refractivity contribution in [1.82, 2.24) is 0 Å². The molecule has 1 heteroatoms. The predicted octanol–water partition coefficient (Wildman–Crippen LogP) is 3.88. The summed E-state index contributed by atoms with van der Waals surface area (Å²) in [7, 11) is 0. The van der Waals surface area contributed by atoms with Crippen LogP contribution in [0.4, 0.5) is 0 Å². The molecule has 0 spiro atoms. The van der Waals surface area contributed by atoms with E-state index in [1.54, 1.807) is 0 Å². The molecule has 72 valence electrons. The van der Waals surface area contributed by atoms with Crippen LogP contribution in [0.5, 0.6) is 0 Å². The highest BCUT2D eigenvalue weighted by molar-refractivity contribution is 5.86. The van der Waals surface area contributed by atoms with Gasteiger partial charge in [0.1, 0.15) is 0 Å². The second-order valence-corrected chi connectivity index (χ2v) is 4.65. The highest BCUT2D eigenvalue weighted by Gasteiger charge is 2.20. The molecule has 0 aliphatic heterocycles. The van der Waals surface area contributed by atoms with Crippen molar-refractivity contribution >= 4 is 5.71 Å². The van der Waals surface area contributed by atoms with Gasteiger partial charge in [-0.2, -0.15) is 0 Å². The largest absolute Gasteiger partial charge is 0.309 e. The molecule has 12 heavy (non-hydrogen) atoms. The minimum Gasteiger partial charge on any atom is -0.309 e. The summed E-state index contributed by atoms with van der Waals surface area (Å²) in [4.78, 5) is 0. The van der Waals surface area contributed by atoms with Crippen molar-refractivity contribution in [3.05, 3.63) is 0 Å². The van der Waals surface area contributed by atoms with E-state index >= 15 is 0 Å². The Bertz CT molecular complexity index is 145. The number of nitrogens with one attached hydrogen (secondary N) is 1. The molecular weight excluding hydrogens is 146 g/mol. The molecule has 0 amide bonds. The monoisotopic (exact) mass is 169 g/mol. The van der Waals surface area contributed by atoms with Crippen molar-refractivity contribution in [3.63, 3.8) is 0 Å². The molecule has 0 saturated heterocycles. The van der Waals surface area contributed by atoms with Crippen LogP contribution in [-0.4, -0.2) is 5.71 Å². The van der Waals surface area contributed by atoms with Crippen molar-refractivity contribution in [1.29, 1.82) is 5.41 Å². The Morgan fingerprint density at radius 1 is 1.33 bits per heavy atom. The number of rotatable bonds is 5. The lowest BCUT2D eigenvalue weighted by Crippen LogP contribution is -2.22. The molecule has 0 radical (unpaired) electrons. The molecule has 0 aromatic carbocycles. The van der Waals surface area contributed by atoms with Crippen LogP contribution in [0.3, 0.4) is 0 Å². The molecule has 0 rings (SSSR count). The molecule has 0 aliphatic rings.